The maximum absolute atomic E-state index is 6.51. The molecule has 0 saturated heterocycles. The van der Waals surface area contributed by atoms with Crippen LogP contribution in [0, 0.1) is 0 Å². The summed E-state index contributed by atoms with van der Waals surface area (Å²) in [5.41, 5.74) is 9.15. The van der Waals surface area contributed by atoms with Crippen LogP contribution in [0.4, 0.5) is 0 Å². The Morgan fingerprint density at radius 1 is 1.56 bits per heavy atom. The van der Waals surface area contributed by atoms with Gasteiger partial charge in [-0.25, -0.2) is 0 Å². The summed E-state index contributed by atoms with van der Waals surface area (Å²) in [5, 5.41) is 6.53. The van der Waals surface area contributed by atoms with Crippen LogP contribution in [0.5, 0.6) is 0 Å². The number of hydrogen-bond donors (Lipinski definition) is 1. The molecule has 3 rings (SSSR count). The van der Waals surface area contributed by atoms with Crippen molar-refractivity contribution < 1.29 is 0 Å². The molecule has 1 aliphatic carbocycles. The molecule has 1 aliphatic rings. The van der Waals surface area contributed by atoms with E-state index in [0.717, 1.165) is 6.54 Å². The smallest absolute Gasteiger partial charge is 0.0557 e. The number of nitrogens with two attached hydrogens (primary N) is 1. The van der Waals surface area contributed by atoms with Crippen LogP contribution < -0.4 is 5.73 Å². The van der Waals surface area contributed by atoms with Crippen molar-refractivity contribution in [3.8, 4) is 0 Å². The molecule has 2 aromatic heterocycles. The van der Waals surface area contributed by atoms with Crippen LogP contribution in [-0.4, -0.2) is 9.78 Å². The molecule has 0 bridgehead atoms. The summed E-state index contributed by atoms with van der Waals surface area (Å²) >= 11 is 1.88. The third-order valence-electron chi connectivity index (χ3n) is 3.92. The van der Waals surface area contributed by atoms with Gasteiger partial charge in [0, 0.05) is 23.5 Å². The van der Waals surface area contributed by atoms with Crippen molar-refractivity contribution in [2.24, 2.45) is 5.73 Å². The van der Waals surface area contributed by atoms with Crippen LogP contribution in [0.25, 0.3) is 0 Å². The molecule has 0 aliphatic heterocycles. The topological polar surface area (TPSA) is 43.8 Å². The Kier molecular flexibility index (Phi) is 3.22. The monoisotopic (exact) mass is 261 g/mol. The zero-order chi connectivity index (χ0) is 12.5. The summed E-state index contributed by atoms with van der Waals surface area (Å²) in [4.78, 5) is 1.53. The highest BCUT2D eigenvalue weighted by atomic mass is 32.1. The van der Waals surface area contributed by atoms with E-state index < -0.39 is 0 Å². The second-order valence-corrected chi connectivity index (χ2v) is 5.90. The average molecular weight is 261 g/mol. The van der Waals surface area contributed by atoms with Gasteiger partial charge in [0.1, 0.15) is 0 Å². The second kappa shape index (κ2) is 4.86. The Morgan fingerprint density at radius 3 is 3.28 bits per heavy atom. The normalized spacial score (nSPS) is 20.7. The highest BCUT2D eigenvalue weighted by molar-refractivity contribution is 7.10. The van der Waals surface area contributed by atoms with Crippen LogP contribution in [0.15, 0.2) is 23.7 Å². The fraction of sp³-hybridized carbons (Fsp3) is 0.500. The van der Waals surface area contributed by atoms with E-state index in [9.17, 15) is 0 Å². The van der Waals surface area contributed by atoms with Gasteiger partial charge in [0.2, 0.25) is 0 Å². The predicted molar refractivity (Wildman–Crippen MR) is 74.8 cm³/mol. The van der Waals surface area contributed by atoms with Crippen molar-refractivity contribution in [2.45, 2.75) is 44.7 Å². The van der Waals surface area contributed by atoms with Gasteiger partial charge in [0.15, 0.2) is 0 Å². The highest BCUT2D eigenvalue weighted by Gasteiger charge is 2.28. The van der Waals surface area contributed by atoms with Crippen molar-refractivity contribution >= 4 is 11.3 Å². The van der Waals surface area contributed by atoms with E-state index in [1.807, 2.05) is 22.2 Å². The lowest BCUT2D eigenvalue weighted by atomic mass is 9.81. The molecule has 2 aromatic rings. The number of nitrogens with zero attached hydrogens (tertiary/aromatic N) is 2. The molecule has 2 heterocycles. The first kappa shape index (κ1) is 11.9. The van der Waals surface area contributed by atoms with E-state index in [0.29, 0.717) is 5.92 Å². The van der Waals surface area contributed by atoms with Crippen LogP contribution in [0.1, 0.15) is 47.9 Å². The zero-order valence-corrected chi connectivity index (χ0v) is 11.5. The Labute approximate surface area is 112 Å². The van der Waals surface area contributed by atoms with Gasteiger partial charge in [0.05, 0.1) is 11.7 Å². The van der Waals surface area contributed by atoms with Crippen LogP contribution in [0.3, 0.4) is 0 Å². The van der Waals surface area contributed by atoms with E-state index >= 15 is 0 Å². The van der Waals surface area contributed by atoms with E-state index in [1.165, 1.54) is 35.4 Å². The second-order valence-electron chi connectivity index (χ2n) is 4.90. The quantitative estimate of drug-likeness (QED) is 0.922. The van der Waals surface area contributed by atoms with Crippen LogP contribution in [-0.2, 0) is 13.0 Å². The lowest BCUT2D eigenvalue weighted by Gasteiger charge is -2.28. The minimum Gasteiger partial charge on any atom is -0.322 e. The molecular weight excluding hydrogens is 242 g/mol. The summed E-state index contributed by atoms with van der Waals surface area (Å²) in [6.07, 6.45) is 5.53. The standard InChI is InChI=1S/C14H19N3S/c1-2-17-12(6-8-16-17)14(15)11-4-3-5-13-10(11)7-9-18-13/h6-9,11,14H,2-5,15H2,1H3. The van der Waals surface area contributed by atoms with Gasteiger partial charge < -0.3 is 5.73 Å². The molecule has 2 unspecified atom stereocenters. The summed E-state index contributed by atoms with van der Waals surface area (Å²) in [7, 11) is 0. The third kappa shape index (κ3) is 1.89. The van der Waals surface area contributed by atoms with Crippen molar-refractivity contribution in [1.82, 2.24) is 9.78 Å². The maximum atomic E-state index is 6.51. The Bertz CT molecular complexity index is 529. The fourth-order valence-electron chi connectivity index (χ4n) is 2.99. The molecule has 18 heavy (non-hydrogen) atoms. The molecule has 4 heteroatoms. The van der Waals surface area contributed by atoms with Gasteiger partial charge in [-0.05, 0) is 49.3 Å². The first-order chi connectivity index (χ1) is 8.81. The Balaban J connectivity index is 1.93. The maximum Gasteiger partial charge on any atom is 0.0557 e. The number of thiophene rings is 1. The summed E-state index contributed by atoms with van der Waals surface area (Å²) in [6.45, 7) is 3.00. The fourth-order valence-corrected chi connectivity index (χ4v) is 3.99. The van der Waals surface area contributed by atoms with Crippen molar-refractivity contribution in [1.29, 1.82) is 0 Å². The number of fused-ring (bicyclic) bond motifs is 1. The molecule has 0 spiro atoms. The third-order valence-corrected chi connectivity index (χ3v) is 4.92. The van der Waals surface area contributed by atoms with Gasteiger partial charge in [-0.15, -0.1) is 11.3 Å². The molecule has 0 amide bonds. The Morgan fingerprint density at radius 2 is 2.44 bits per heavy atom. The first-order valence-corrected chi connectivity index (χ1v) is 7.52. The first-order valence-electron chi connectivity index (χ1n) is 6.64. The summed E-state index contributed by atoms with van der Waals surface area (Å²) in [5.74, 6) is 0.460. The Hall–Kier alpha value is -1.13. The molecule has 0 aromatic carbocycles. The molecule has 2 atom stereocenters. The van der Waals surface area contributed by atoms with E-state index in [1.54, 1.807) is 0 Å². The van der Waals surface area contributed by atoms with Crippen molar-refractivity contribution in [3.63, 3.8) is 0 Å². The van der Waals surface area contributed by atoms with Gasteiger partial charge in [0.25, 0.3) is 0 Å². The number of rotatable bonds is 3. The lowest BCUT2D eigenvalue weighted by Crippen LogP contribution is -2.25. The predicted octanol–water partition coefficient (Wildman–Crippen LogP) is 3.08. The molecule has 0 saturated carbocycles. The van der Waals surface area contributed by atoms with E-state index in [-0.39, 0.29) is 6.04 Å². The summed E-state index contributed by atoms with van der Waals surface area (Å²) < 4.78 is 2.02. The average Bonchev–Trinajstić information content (AvgIpc) is 3.05. The van der Waals surface area contributed by atoms with Gasteiger partial charge >= 0.3 is 0 Å². The number of aromatic nitrogens is 2. The number of hydrogen-bond acceptors (Lipinski definition) is 3. The molecule has 96 valence electrons. The van der Waals surface area contributed by atoms with Crippen LogP contribution in [0.2, 0.25) is 0 Å². The largest absolute Gasteiger partial charge is 0.322 e. The van der Waals surface area contributed by atoms with Gasteiger partial charge in [-0.1, -0.05) is 0 Å². The lowest BCUT2D eigenvalue weighted by molar-refractivity contribution is 0.448. The minimum absolute atomic E-state index is 0.0705. The molecule has 3 nitrogen and oxygen atoms in total. The van der Waals surface area contributed by atoms with Crippen LogP contribution >= 0.6 is 11.3 Å². The zero-order valence-electron chi connectivity index (χ0n) is 10.7. The van der Waals surface area contributed by atoms with Gasteiger partial charge in [-0.3, -0.25) is 4.68 Å². The minimum atomic E-state index is 0.0705. The molecule has 0 radical (unpaired) electrons. The highest BCUT2D eigenvalue weighted by Crippen LogP contribution is 2.41. The summed E-state index contributed by atoms with van der Waals surface area (Å²) in [6, 6.07) is 4.40. The SMILES string of the molecule is CCn1nccc1C(N)C1CCCc2sccc21. The van der Waals surface area contributed by atoms with Gasteiger partial charge in [-0.2, -0.15) is 5.10 Å². The molecule has 2 N–H and O–H groups in total. The molecule has 0 fully saturated rings. The molecular formula is C14H19N3S. The van der Waals surface area contributed by atoms with Crippen molar-refractivity contribution in [2.75, 3.05) is 0 Å². The number of aryl methyl sites for hydroxylation is 2. The van der Waals surface area contributed by atoms with E-state index in [4.69, 9.17) is 5.73 Å². The van der Waals surface area contributed by atoms with E-state index in [2.05, 4.69) is 29.5 Å². The van der Waals surface area contributed by atoms with Crippen molar-refractivity contribution in [3.05, 3.63) is 39.8 Å².